The molecular formula is C29H31N3O4. The van der Waals surface area contributed by atoms with Gasteiger partial charge in [0, 0.05) is 12.1 Å². The van der Waals surface area contributed by atoms with E-state index < -0.39 is 11.7 Å². The summed E-state index contributed by atoms with van der Waals surface area (Å²) in [5.41, 5.74) is 5.19. The van der Waals surface area contributed by atoms with Crippen LogP contribution in [-0.2, 0) is 29.0 Å². The fraction of sp³-hybridized carbons (Fsp3) is 0.345. The Morgan fingerprint density at radius 3 is 2.67 bits per heavy atom. The van der Waals surface area contributed by atoms with E-state index in [0.29, 0.717) is 31.6 Å². The summed E-state index contributed by atoms with van der Waals surface area (Å²) in [5, 5.41) is 0. The molecule has 36 heavy (non-hydrogen) atoms. The van der Waals surface area contributed by atoms with Gasteiger partial charge in [-0.3, -0.25) is 4.79 Å². The Balaban J connectivity index is 1.34. The van der Waals surface area contributed by atoms with E-state index in [1.165, 1.54) is 10.5 Å². The van der Waals surface area contributed by atoms with Crippen LogP contribution in [0.5, 0.6) is 5.75 Å². The molecule has 0 spiro atoms. The predicted molar refractivity (Wildman–Crippen MR) is 137 cm³/mol. The van der Waals surface area contributed by atoms with Gasteiger partial charge in [0.1, 0.15) is 24.3 Å². The van der Waals surface area contributed by atoms with Crippen LogP contribution >= 0.6 is 0 Å². The van der Waals surface area contributed by atoms with Crippen LogP contribution in [0.25, 0.3) is 11.8 Å². The lowest BCUT2D eigenvalue weighted by molar-refractivity contribution is -0.127. The minimum Gasteiger partial charge on any atom is -0.489 e. The van der Waals surface area contributed by atoms with Crippen LogP contribution in [0.2, 0.25) is 0 Å². The second-order valence-electron chi connectivity index (χ2n) is 10.2. The maximum Gasteiger partial charge on any atom is 0.417 e. The Morgan fingerprint density at radius 1 is 1.08 bits per heavy atom. The number of imide groups is 1. The maximum atomic E-state index is 13.1. The number of amides is 2. The first kappa shape index (κ1) is 23.9. The zero-order chi connectivity index (χ0) is 25.3. The Bertz CT molecular complexity index is 1320. The Kier molecular flexibility index (Phi) is 6.39. The van der Waals surface area contributed by atoms with Gasteiger partial charge in [0.15, 0.2) is 0 Å². The number of carbonyl (C=O) groups is 2. The maximum absolute atomic E-state index is 13.1. The highest BCUT2D eigenvalue weighted by Crippen LogP contribution is 2.31. The topological polar surface area (TPSA) is 73.7 Å². The average molecular weight is 486 g/mol. The molecule has 2 aliphatic rings. The zero-order valence-electron chi connectivity index (χ0n) is 21.0. The molecule has 3 aromatic rings. The number of benzene rings is 2. The van der Waals surface area contributed by atoms with E-state index >= 15 is 0 Å². The van der Waals surface area contributed by atoms with Crippen molar-refractivity contribution < 1.29 is 19.1 Å². The van der Waals surface area contributed by atoms with E-state index in [-0.39, 0.29) is 5.91 Å². The number of ether oxygens (including phenoxy) is 2. The van der Waals surface area contributed by atoms with E-state index in [0.717, 1.165) is 41.2 Å². The first-order valence-corrected chi connectivity index (χ1v) is 12.4. The van der Waals surface area contributed by atoms with Gasteiger partial charge in [-0.2, -0.15) is 0 Å². The van der Waals surface area contributed by atoms with Crippen molar-refractivity contribution in [1.29, 1.82) is 0 Å². The third-order valence-corrected chi connectivity index (χ3v) is 6.36. The quantitative estimate of drug-likeness (QED) is 0.457. The van der Waals surface area contributed by atoms with Crippen molar-refractivity contribution in [3.63, 3.8) is 0 Å². The second kappa shape index (κ2) is 9.64. The number of likely N-dealkylation sites (tertiary alicyclic amines) is 1. The van der Waals surface area contributed by atoms with Crippen LogP contribution in [-0.4, -0.2) is 38.6 Å². The number of aromatic nitrogens is 2. The number of aryl methyl sites for hydroxylation is 1. The highest BCUT2D eigenvalue weighted by Gasteiger charge is 2.32. The SMILES string of the molecule is CC(C)(C)OC(=O)N1CCC/C(=C\c2ncn3c2CCc2cc(OCc4ccccc4)ccc2-3)C1=O. The number of imidazole rings is 1. The van der Waals surface area contributed by atoms with Crippen LogP contribution < -0.4 is 4.74 Å². The lowest BCUT2D eigenvalue weighted by Crippen LogP contribution is -2.44. The minimum absolute atomic E-state index is 0.298. The van der Waals surface area contributed by atoms with Crippen molar-refractivity contribution in [2.75, 3.05) is 6.54 Å². The molecule has 2 aromatic carbocycles. The van der Waals surface area contributed by atoms with Crippen LogP contribution in [0.1, 0.15) is 56.1 Å². The lowest BCUT2D eigenvalue weighted by atomic mass is 9.98. The number of nitrogens with zero attached hydrogens (tertiary/aromatic N) is 3. The van der Waals surface area contributed by atoms with E-state index in [1.54, 1.807) is 20.8 Å². The lowest BCUT2D eigenvalue weighted by Gasteiger charge is -2.29. The van der Waals surface area contributed by atoms with Crippen LogP contribution in [0.3, 0.4) is 0 Å². The largest absolute Gasteiger partial charge is 0.489 e. The third kappa shape index (κ3) is 5.05. The molecule has 1 aromatic heterocycles. The molecule has 7 nitrogen and oxygen atoms in total. The van der Waals surface area contributed by atoms with Gasteiger partial charge in [0.05, 0.1) is 17.1 Å². The summed E-state index contributed by atoms with van der Waals surface area (Å²) in [7, 11) is 0. The van der Waals surface area contributed by atoms with Gasteiger partial charge >= 0.3 is 6.09 Å². The average Bonchev–Trinajstić information content (AvgIpc) is 3.26. The van der Waals surface area contributed by atoms with Gasteiger partial charge in [0.2, 0.25) is 0 Å². The number of hydrogen-bond acceptors (Lipinski definition) is 5. The summed E-state index contributed by atoms with van der Waals surface area (Å²) in [6.45, 7) is 6.29. The van der Waals surface area contributed by atoms with Gasteiger partial charge in [-0.15, -0.1) is 0 Å². The van der Waals surface area contributed by atoms with Gasteiger partial charge in [-0.1, -0.05) is 30.3 Å². The number of fused-ring (bicyclic) bond motifs is 3. The molecule has 0 aliphatic carbocycles. The Labute approximate surface area is 211 Å². The predicted octanol–water partition coefficient (Wildman–Crippen LogP) is 5.49. The molecule has 1 saturated heterocycles. The zero-order valence-corrected chi connectivity index (χ0v) is 21.0. The highest BCUT2D eigenvalue weighted by atomic mass is 16.6. The fourth-order valence-electron chi connectivity index (χ4n) is 4.64. The third-order valence-electron chi connectivity index (χ3n) is 6.36. The van der Waals surface area contributed by atoms with E-state index in [4.69, 9.17) is 9.47 Å². The molecule has 186 valence electrons. The normalized spacial score (nSPS) is 16.5. The van der Waals surface area contributed by atoms with Crippen molar-refractivity contribution in [3.05, 3.63) is 82.9 Å². The summed E-state index contributed by atoms with van der Waals surface area (Å²) >= 11 is 0. The molecule has 0 bridgehead atoms. The Morgan fingerprint density at radius 2 is 1.89 bits per heavy atom. The Hall–Kier alpha value is -3.87. The van der Waals surface area contributed by atoms with Crippen LogP contribution in [0, 0.1) is 0 Å². The first-order valence-electron chi connectivity index (χ1n) is 12.4. The molecule has 3 heterocycles. The molecule has 1 fully saturated rings. The monoisotopic (exact) mass is 485 g/mol. The minimum atomic E-state index is -0.651. The van der Waals surface area contributed by atoms with Crippen molar-refractivity contribution in [1.82, 2.24) is 14.5 Å². The molecule has 0 atom stereocenters. The van der Waals surface area contributed by atoms with Crippen molar-refractivity contribution in [3.8, 4) is 11.4 Å². The van der Waals surface area contributed by atoms with E-state index in [9.17, 15) is 9.59 Å². The molecule has 2 aliphatic heterocycles. The summed E-state index contributed by atoms with van der Waals surface area (Å²) in [5.74, 6) is 0.548. The molecule has 0 unspecified atom stereocenters. The standard InChI is InChI=1S/C29H31N3O4/c1-29(2,3)36-28(34)31-15-7-10-22(27(31)33)17-24-26-13-11-21-16-23(12-14-25(21)32(26)19-30-24)35-18-20-8-5-4-6-9-20/h4-6,8-9,12,14,16-17,19H,7,10-11,13,15,18H2,1-3H3/b22-17+. The second-order valence-corrected chi connectivity index (χ2v) is 10.2. The molecule has 0 N–H and O–H groups in total. The first-order chi connectivity index (χ1) is 17.3. The van der Waals surface area contributed by atoms with E-state index in [2.05, 4.69) is 33.8 Å². The number of hydrogen-bond donors (Lipinski definition) is 0. The number of piperidine rings is 1. The summed E-state index contributed by atoms with van der Waals surface area (Å²) in [6, 6.07) is 16.3. The summed E-state index contributed by atoms with van der Waals surface area (Å²) < 4.78 is 13.5. The van der Waals surface area contributed by atoms with Gasteiger partial charge in [-0.05, 0) is 81.9 Å². The molecule has 0 radical (unpaired) electrons. The van der Waals surface area contributed by atoms with Crippen LogP contribution in [0.15, 0.2) is 60.4 Å². The smallest absolute Gasteiger partial charge is 0.417 e. The number of rotatable bonds is 4. The van der Waals surface area contributed by atoms with E-state index in [1.807, 2.05) is 36.7 Å². The molecule has 5 rings (SSSR count). The van der Waals surface area contributed by atoms with Crippen LogP contribution in [0.4, 0.5) is 4.79 Å². The van der Waals surface area contributed by atoms with Gasteiger partial charge in [-0.25, -0.2) is 14.7 Å². The fourth-order valence-corrected chi connectivity index (χ4v) is 4.64. The summed E-state index contributed by atoms with van der Waals surface area (Å²) in [4.78, 5) is 31.4. The van der Waals surface area contributed by atoms with Gasteiger partial charge < -0.3 is 14.0 Å². The van der Waals surface area contributed by atoms with Gasteiger partial charge in [0.25, 0.3) is 5.91 Å². The number of carbonyl (C=O) groups excluding carboxylic acids is 2. The molecule has 2 amide bonds. The molecule has 0 saturated carbocycles. The molecule has 7 heteroatoms. The highest BCUT2D eigenvalue weighted by molar-refractivity contribution is 6.05. The van der Waals surface area contributed by atoms with Crippen molar-refractivity contribution in [2.45, 2.75) is 58.7 Å². The molecular weight excluding hydrogens is 454 g/mol. The van der Waals surface area contributed by atoms with Crippen molar-refractivity contribution in [2.24, 2.45) is 0 Å². The van der Waals surface area contributed by atoms with Crippen molar-refractivity contribution >= 4 is 18.1 Å². The summed E-state index contributed by atoms with van der Waals surface area (Å²) in [6.07, 6.45) is 6.04.